The topological polar surface area (TPSA) is 106 Å². The first kappa shape index (κ1) is 16.9. The number of rotatable bonds is 4. The Hall–Kier alpha value is -2.29. The average Bonchev–Trinajstić information content (AvgIpc) is 3.20. The summed E-state index contributed by atoms with van der Waals surface area (Å²) in [5.41, 5.74) is 0.768. The van der Waals surface area contributed by atoms with Gasteiger partial charge in [0.25, 0.3) is 0 Å². The van der Waals surface area contributed by atoms with E-state index in [2.05, 4.69) is 15.1 Å². The molecule has 4 heterocycles. The lowest BCUT2D eigenvalue weighted by Gasteiger charge is -2.49. The number of aromatic nitrogens is 3. The Kier molecular flexibility index (Phi) is 3.65. The number of sulfone groups is 1. The third-order valence-electron chi connectivity index (χ3n) is 6.04. The molecule has 2 aromatic rings. The summed E-state index contributed by atoms with van der Waals surface area (Å²) in [7, 11) is -3.31. The zero-order chi connectivity index (χ0) is 18.6. The maximum atomic E-state index is 12.8. The van der Waals surface area contributed by atoms with Crippen molar-refractivity contribution >= 4 is 15.7 Å². The zero-order valence-corrected chi connectivity index (χ0v) is 15.6. The van der Waals surface area contributed by atoms with E-state index in [9.17, 15) is 13.2 Å². The summed E-state index contributed by atoms with van der Waals surface area (Å²) in [5.74, 6) is 1.05. The van der Waals surface area contributed by atoms with Crippen LogP contribution in [0.2, 0.25) is 0 Å². The molecule has 2 aliphatic heterocycles. The molecular formula is C18H20N4O4S. The SMILES string of the molecule is O=C(CC1CC1)N1CC2(C1)C(c1nc(-c3ccncc3)no1)CCS2(=O)=O. The molecule has 8 nitrogen and oxygen atoms in total. The summed E-state index contributed by atoms with van der Waals surface area (Å²) in [5, 5.41) is 4.02. The molecule has 27 heavy (non-hydrogen) atoms. The molecule has 1 amide bonds. The number of carbonyl (C=O) groups is 1. The standard InChI is InChI=1S/C18H20N4O4S/c23-15(9-12-1-2-12)22-10-18(11-22)14(5-8-27(18,24)25)17-20-16(21-26-17)13-3-6-19-7-4-13/h3-4,6-7,12,14H,1-2,5,8-11H2. The molecule has 1 spiro atoms. The fraction of sp³-hybridized carbons (Fsp3) is 0.556. The number of hydrogen-bond donors (Lipinski definition) is 0. The highest BCUT2D eigenvalue weighted by Gasteiger charge is 2.64. The molecule has 5 rings (SSSR count). The van der Waals surface area contributed by atoms with Crippen LogP contribution in [0.15, 0.2) is 29.0 Å². The van der Waals surface area contributed by atoms with E-state index in [-0.39, 0.29) is 30.7 Å². The zero-order valence-electron chi connectivity index (χ0n) is 14.7. The van der Waals surface area contributed by atoms with Crippen molar-refractivity contribution in [1.29, 1.82) is 0 Å². The lowest BCUT2D eigenvalue weighted by Crippen LogP contribution is -2.67. The summed E-state index contributed by atoms with van der Waals surface area (Å²) in [6.45, 7) is 0.469. The molecule has 2 aromatic heterocycles. The maximum Gasteiger partial charge on any atom is 0.231 e. The number of pyridine rings is 1. The quantitative estimate of drug-likeness (QED) is 0.779. The van der Waals surface area contributed by atoms with Crippen molar-refractivity contribution in [2.24, 2.45) is 5.92 Å². The number of carbonyl (C=O) groups excluding carboxylic acids is 1. The summed E-state index contributed by atoms with van der Waals surface area (Å²) in [4.78, 5) is 22.4. The van der Waals surface area contributed by atoms with Gasteiger partial charge in [0.2, 0.25) is 17.6 Å². The molecule has 9 heteroatoms. The van der Waals surface area contributed by atoms with Gasteiger partial charge in [-0.3, -0.25) is 9.78 Å². The first-order valence-corrected chi connectivity index (χ1v) is 10.9. The number of likely N-dealkylation sites (tertiary alicyclic amines) is 1. The van der Waals surface area contributed by atoms with Crippen molar-refractivity contribution in [2.75, 3.05) is 18.8 Å². The number of amides is 1. The Morgan fingerprint density at radius 1 is 1.22 bits per heavy atom. The molecule has 1 saturated carbocycles. The van der Waals surface area contributed by atoms with E-state index in [1.54, 1.807) is 29.4 Å². The predicted molar refractivity (Wildman–Crippen MR) is 95.3 cm³/mol. The van der Waals surface area contributed by atoms with Gasteiger partial charge in [0.1, 0.15) is 4.75 Å². The van der Waals surface area contributed by atoms with Crippen LogP contribution in [0, 0.1) is 5.92 Å². The fourth-order valence-electron chi connectivity index (χ4n) is 4.19. The minimum absolute atomic E-state index is 0.0620. The Balaban J connectivity index is 1.39. The van der Waals surface area contributed by atoms with Crippen molar-refractivity contribution in [1.82, 2.24) is 20.0 Å². The maximum absolute atomic E-state index is 12.8. The van der Waals surface area contributed by atoms with Gasteiger partial charge in [0, 0.05) is 37.5 Å². The summed E-state index contributed by atoms with van der Waals surface area (Å²) < 4.78 is 30.1. The second-order valence-electron chi connectivity index (χ2n) is 7.81. The second kappa shape index (κ2) is 5.85. The predicted octanol–water partition coefficient (Wildman–Crippen LogP) is 1.41. The molecule has 0 radical (unpaired) electrons. The van der Waals surface area contributed by atoms with Crippen LogP contribution in [0.1, 0.15) is 37.5 Å². The van der Waals surface area contributed by atoms with Gasteiger partial charge in [-0.1, -0.05) is 5.16 Å². The van der Waals surface area contributed by atoms with Gasteiger partial charge >= 0.3 is 0 Å². The minimum atomic E-state index is -3.31. The van der Waals surface area contributed by atoms with Gasteiger partial charge in [-0.2, -0.15) is 4.98 Å². The van der Waals surface area contributed by atoms with Gasteiger partial charge in [0.15, 0.2) is 9.84 Å². The van der Waals surface area contributed by atoms with Crippen LogP contribution in [0.3, 0.4) is 0 Å². The highest BCUT2D eigenvalue weighted by molar-refractivity contribution is 7.93. The van der Waals surface area contributed by atoms with Gasteiger partial charge in [-0.25, -0.2) is 8.42 Å². The second-order valence-corrected chi connectivity index (χ2v) is 10.3. The van der Waals surface area contributed by atoms with Crippen molar-refractivity contribution in [2.45, 2.75) is 36.3 Å². The Labute approximate surface area is 156 Å². The molecule has 1 atom stereocenters. The first-order chi connectivity index (χ1) is 13.0. The van der Waals surface area contributed by atoms with Crippen LogP contribution in [-0.2, 0) is 14.6 Å². The fourth-order valence-corrected chi connectivity index (χ4v) is 6.50. The third kappa shape index (κ3) is 2.67. The molecule has 1 aliphatic carbocycles. The van der Waals surface area contributed by atoms with Gasteiger partial charge in [-0.15, -0.1) is 0 Å². The lowest BCUT2D eigenvalue weighted by molar-refractivity contribution is -0.137. The van der Waals surface area contributed by atoms with E-state index in [0.717, 1.165) is 18.4 Å². The average molecular weight is 388 g/mol. The Morgan fingerprint density at radius 3 is 2.67 bits per heavy atom. The van der Waals surface area contributed by atoms with E-state index >= 15 is 0 Å². The Bertz CT molecular complexity index is 978. The largest absolute Gasteiger partial charge is 0.339 e. The van der Waals surface area contributed by atoms with Crippen LogP contribution < -0.4 is 0 Å². The van der Waals surface area contributed by atoms with E-state index in [4.69, 9.17) is 4.52 Å². The van der Waals surface area contributed by atoms with Crippen LogP contribution in [0.25, 0.3) is 11.4 Å². The molecule has 0 N–H and O–H groups in total. The van der Waals surface area contributed by atoms with Crippen molar-refractivity contribution in [3.05, 3.63) is 30.4 Å². The molecule has 1 unspecified atom stereocenters. The van der Waals surface area contributed by atoms with Crippen LogP contribution in [-0.4, -0.2) is 57.9 Å². The van der Waals surface area contributed by atoms with Crippen LogP contribution >= 0.6 is 0 Å². The molecule has 3 fully saturated rings. The van der Waals surface area contributed by atoms with Gasteiger partial charge < -0.3 is 9.42 Å². The molecule has 3 aliphatic rings. The monoisotopic (exact) mass is 388 g/mol. The highest BCUT2D eigenvalue weighted by atomic mass is 32.2. The Morgan fingerprint density at radius 2 is 1.96 bits per heavy atom. The smallest absolute Gasteiger partial charge is 0.231 e. The summed E-state index contributed by atoms with van der Waals surface area (Å²) >= 11 is 0. The van der Waals surface area contributed by atoms with Crippen LogP contribution in [0.4, 0.5) is 0 Å². The van der Waals surface area contributed by atoms with E-state index in [0.29, 0.717) is 30.5 Å². The lowest BCUT2D eigenvalue weighted by atomic mass is 9.82. The summed E-state index contributed by atoms with van der Waals surface area (Å²) in [6.07, 6.45) is 6.47. The van der Waals surface area contributed by atoms with E-state index in [1.807, 2.05) is 0 Å². The van der Waals surface area contributed by atoms with E-state index in [1.165, 1.54) is 0 Å². The van der Waals surface area contributed by atoms with Crippen LogP contribution in [0.5, 0.6) is 0 Å². The van der Waals surface area contributed by atoms with Crippen molar-refractivity contribution in [3.8, 4) is 11.4 Å². The molecule has 142 valence electrons. The number of nitrogens with zero attached hydrogens (tertiary/aromatic N) is 4. The first-order valence-electron chi connectivity index (χ1n) is 9.23. The van der Waals surface area contributed by atoms with Gasteiger partial charge in [0.05, 0.1) is 11.7 Å². The van der Waals surface area contributed by atoms with E-state index < -0.39 is 14.6 Å². The minimum Gasteiger partial charge on any atom is -0.339 e. The molecule has 0 bridgehead atoms. The summed E-state index contributed by atoms with van der Waals surface area (Å²) in [6, 6.07) is 3.55. The molecular weight excluding hydrogens is 368 g/mol. The normalized spacial score (nSPS) is 25.5. The molecule has 0 aromatic carbocycles. The van der Waals surface area contributed by atoms with Crippen molar-refractivity contribution in [3.63, 3.8) is 0 Å². The number of hydrogen-bond acceptors (Lipinski definition) is 7. The van der Waals surface area contributed by atoms with Crippen molar-refractivity contribution < 1.29 is 17.7 Å². The molecule has 2 saturated heterocycles. The van der Waals surface area contributed by atoms with Gasteiger partial charge in [-0.05, 0) is 37.3 Å². The third-order valence-corrected chi connectivity index (χ3v) is 8.59. The highest BCUT2D eigenvalue weighted by Crippen LogP contribution is 2.50.